The van der Waals surface area contributed by atoms with Gasteiger partial charge in [0.2, 0.25) is 0 Å². The van der Waals surface area contributed by atoms with Crippen LogP contribution >= 0.6 is 0 Å². The Morgan fingerprint density at radius 2 is 1.38 bits per heavy atom. The van der Waals surface area contributed by atoms with Crippen LogP contribution in [0, 0.1) is 5.92 Å². The van der Waals surface area contributed by atoms with Crippen molar-refractivity contribution in [2.45, 2.75) is 78.6 Å². The molecule has 0 spiro atoms. The Bertz CT molecular complexity index is 323. The summed E-state index contributed by atoms with van der Waals surface area (Å²) in [7, 11) is 0. The average molecular weight is 298 g/mol. The Morgan fingerprint density at radius 1 is 0.857 bits per heavy atom. The number of ketones is 2. The summed E-state index contributed by atoms with van der Waals surface area (Å²) in [6, 6.07) is 0. The molecular formula is C17H30O4. The zero-order valence-electron chi connectivity index (χ0n) is 13.8. The second kappa shape index (κ2) is 12.5. The maximum absolute atomic E-state index is 12.0. The minimum absolute atomic E-state index is 0.188. The van der Waals surface area contributed by atoms with E-state index >= 15 is 0 Å². The van der Waals surface area contributed by atoms with Crippen LogP contribution in [0.5, 0.6) is 0 Å². The van der Waals surface area contributed by atoms with Crippen LogP contribution in [-0.2, 0) is 19.1 Å². The number of unbranched alkanes of at least 4 members (excludes halogenated alkanes) is 7. The molecule has 0 aliphatic rings. The van der Waals surface area contributed by atoms with Gasteiger partial charge in [-0.05, 0) is 20.3 Å². The molecule has 0 aromatic carbocycles. The molecule has 0 rings (SSSR count). The van der Waals surface area contributed by atoms with Gasteiger partial charge in [0.25, 0.3) is 0 Å². The van der Waals surface area contributed by atoms with E-state index in [1.165, 1.54) is 39.0 Å². The van der Waals surface area contributed by atoms with Gasteiger partial charge in [0.15, 0.2) is 17.5 Å². The third-order valence-electron chi connectivity index (χ3n) is 3.53. The highest BCUT2D eigenvalue weighted by Gasteiger charge is 2.31. The highest BCUT2D eigenvalue weighted by molar-refractivity contribution is 6.16. The van der Waals surface area contributed by atoms with Crippen molar-refractivity contribution >= 4 is 17.5 Å². The lowest BCUT2D eigenvalue weighted by molar-refractivity contribution is -0.154. The van der Waals surface area contributed by atoms with Crippen LogP contribution in [0.2, 0.25) is 0 Å². The molecule has 0 aromatic heterocycles. The summed E-state index contributed by atoms with van der Waals surface area (Å²) in [4.78, 5) is 35.0. The first-order valence-corrected chi connectivity index (χ1v) is 8.24. The van der Waals surface area contributed by atoms with Crippen LogP contribution < -0.4 is 0 Å². The van der Waals surface area contributed by atoms with Crippen molar-refractivity contribution in [3.63, 3.8) is 0 Å². The topological polar surface area (TPSA) is 60.4 Å². The van der Waals surface area contributed by atoms with Crippen LogP contribution in [0.1, 0.15) is 78.6 Å². The normalized spacial score (nSPS) is 12.0. The van der Waals surface area contributed by atoms with Gasteiger partial charge in [0.05, 0.1) is 6.61 Å². The predicted octanol–water partition coefficient (Wildman–Crippen LogP) is 3.85. The van der Waals surface area contributed by atoms with Gasteiger partial charge in [-0.1, -0.05) is 51.9 Å². The standard InChI is InChI=1S/C17H30O4/c1-4-6-7-8-9-10-11-12-13-15(19)16(14(3)18)17(20)21-5-2/h16H,4-13H2,1-3H3. The monoisotopic (exact) mass is 298 g/mol. The van der Waals surface area contributed by atoms with Crippen molar-refractivity contribution in [1.82, 2.24) is 0 Å². The second-order valence-electron chi connectivity index (χ2n) is 5.49. The third kappa shape index (κ3) is 9.38. The number of hydrogen-bond acceptors (Lipinski definition) is 4. The van der Waals surface area contributed by atoms with Crippen molar-refractivity contribution in [3.8, 4) is 0 Å². The van der Waals surface area contributed by atoms with Crippen LogP contribution in [0.3, 0.4) is 0 Å². The molecule has 1 atom stereocenters. The van der Waals surface area contributed by atoms with E-state index in [4.69, 9.17) is 4.74 Å². The minimum Gasteiger partial charge on any atom is -0.465 e. The summed E-state index contributed by atoms with van der Waals surface area (Å²) in [5.41, 5.74) is 0. The molecule has 0 N–H and O–H groups in total. The summed E-state index contributed by atoms with van der Waals surface area (Å²) in [5.74, 6) is -2.63. The van der Waals surface area contributed by atoms with Gasteiger partial charge in [-0.15, -0.1) is 0 Å². The van der Waals surface area contributed by atoms with Crippen molar-refractivity contribution in [2.24, 2.45) is 5.92 Å². The lowest BCUT2D eigenvalue weighted by Gasteiger charge is -2.11. The van der Waals surface area contributed by atoms with Crippen molar-refractivity contribution in [3.05, 3.63) is 0 Å². The summed E-state index contributed by atoms with van der Waals surface area (Å²) < 4.78 is 4.79. The number of Topliss-reactive ketones (excluding diaryl/α,β-unsaturated/α-hetero) is 2. The molecule has 0 heterocycles. The summed E-state index contributed by atoms with van der Waals surface area (Å²) in [6.07, 6.45) is 9.39. The van der Waals surface area contributed by atoms with E-state index in [1.807, 2.05) is 0 Å². The predicted molar refractivity (Wildman–Crippen MR) is 83.0 cm³/mol. The molecule has 21 heavy (non-hydrogen) atoms. The zero-order chi connectivity index (χ0) is 16.1. The minimum atomic E-state index is -1.21. The van der Waals surface area contributed by atoms with Gasteiger partial charge in [-0.2, -0.15) is 0 Å². The molecule has 0 saturated heterocycles. The summed E-state index contributed by atoms with van der Waals surface area (Å²) in [5, 5.41) is 0. The fraction of sp³-hybridized carbons (Fsp3) is 0.824. The maximum atomic E-state index is 12.0. The number of rotatable bonds is 13. The molecule has 0 fully saturated rings. The number of ether oxygens (including phenoxy) is 1. The third-order valence-corrected chi connectivity index (χ3v) is 3.53. The van der Waals surface area contributed by atoms with Gasteiger partial charge in [0.1, 0.15) is 0 Å². The van der Waals surface area contributed by atoms with Crippen LogP contribution in [-0.4, -0.2) is 24.1 Å². The van der Waals surface area contributed by atoms with Crippen molar-refractivity contribution in [2.75, 3.05) is 6.61 Å². The first-order valence-electron chi connectivity index (χ1n) is 8.24. The van der Waals surface area contributed by atoms with Gasteiger partial charge in [-0.3, -0.25) is 14.4 Å². The van der Waals surface area contributed by atoms with E-state index in [-0.39, 0.29) is 18.8 Å². The van der Waals surface area contributed by atoms with E-state index < -0.39 is 17.7 Å². The zero-order valence-corrected chi connectivity index (χ0v) is 13.8. The number of carbonyl (C=O) groups excluding carboxylic acids is 3. The van der Waals surface area contributed by atoms with E-state index in [2.05, 4.69) is 6.92 Å². The lowest BCUT2D eigenvalue weighted by atomic mass is 9.95. The van der Waals surface area contributed by atoms with E-state index in [0.717, 1.165) is 19.3 Å². The first kappa shape index (κ1) is 19.8. The van der Waals surface area contributed by atoms with Crippen molar-refractivity contribution in [1.29, 1.82) is 0 Å². The number of carbonyl (C=O) groups is 3. The quantitative estimate of drug-likeness (QED) is 0.294. The summed E-state index contributed by atoms with van der Waals surface area (Å²) >= 11 is 0. The van der Waals surface area contributed by atoms with Gasteiger partial charge in [-0.25, -0.2) is 0 Å². The van der Waals surface area contributed by atoms with Crippen LogP contribution in [0.25, 0.3) is 0 Å². The maximum Gasteiger partial charge on any atom is 0.324 e. The summed E-state index contributed by atoms with van der Waals surface area (Å²) in [6.45, 7) is 5.32. The smallest absolute Gasteiger partial charge is 0.324 e. The SMILES string of the molecule is CCCCCCCCCCC(=O)C(C(C)=O)C(=O)OCC. The molecule has 0 radical (unpaired) electrons. The first-order chi connectivity index (χ1) is 10.0. The molecule has 122 valence electrons. The Morgan fingerprint density at radius 3 is 1.86 bits per heavy atom. The van der Waals surface area contributed by atoms with E-state index in [0.29, 0.717) is 0 Å². The Labute approximate surface area is 128 Å². The molecular weight excluding hydrogens is 268 g/mol. The second-order valence-corrected chi connectivity index (χ2v) is 5.49. The number of esters is 1. The Hall–Kier alpha value is -1.19. The fourth-order valence-corrected chi connectivity index (χ4v) is 2.33. The van der Waals surface area contributed by atoms with Crippen LogP contribution in [0.15, 0.2) is 0 Å². The molecule has 0 aliphatic heterocycles. The highest BCUT2D eigenvalue weighted by atomic mass is 16.5. The molecule has 0 aliphatic carbocycles. The van der Waals surface area contributed by atoms with Crippen LogP contribution in [0.4, 0.5) is 0 Å². The molecule has 0 aromatic rings. The van der Waals surface area contributed by atoms with Gasteiger partial charge >= 0.3 is 5.97 Å². The fourth-order valence-electron chi connectivity index (χ4n) is 2.33. The molecule has 4 heteroatoms. The number of hydrogen-bond donors (Lipinski definition) is 0. The van der Waals surface area contributed by atoms with Gasteiger partial charge < -0.3 is 4.74 Å². The molecule has 0 saturated carbocycles. The van der Waals surface area contributed by atoms with Gasteiger partial charge in [0, 0.05) is 6.42 Å². The average Bonchev–Trinajstić information content (AvgIpc) is 2.41. The molecule has 0 bridgehead atoms. The lowest BCUT2D eigenvalue weighted by Crippen LogP contribution is -2.32. The highest BCUT2D eigenvalue weighted by Crippen LogP contribution is 2.13. The van der Waals surface area contributed by atoms with E-state index in [9.17, 15) is 14.4 Å². The van der Waals surface area contributed by atoms with Crippen molar-refractivity contribution < 1.29 is 19.1 Å². The Balaban J connectivity index is 3.89. The molecule has 4 nitrogen and oxygen atoms in total. The largest absolute Gasteiger partial charge is 0.465 e. The molecule has 0 amide bonds. The Kier molecular flexibility index (Phi) is 11.8. The van der Waals surface area contributed by atoms with E-state index in [1.54, 1.807) is 6.92 Å². The molecule has 1 unspecified atom stereocenters.